The van der Waals surface area contributed by atoms with Gasteiger partial charge in [-0.05, 0) is 17.5 Å². The molecule has 0 aliphatic rings. The first-order chi connectivity index (χ1) is 11.0. The van der Waals surface area contributed by atoms with Gasteiger partial charge < -0.3 is 10.2 Å². The molecule has 0 spiro atoms. The van der Waals surface area contributed by atoms with Crippen molar-refractivity contribution in [2.45, 2.75) is 6.92 Å². The molecule has 0 aliphatic carbocycles. The fourth-order valence-electron chi connectivity index (χ4n) is 2.42. The number of nitrogens with zero attached hydrogens (tertiary/aromatic N) is 1. The van der Waals surface area contributed by atoms with Gasteiger partial charge in [-0.1, -0.05) is 31.2 Å². The van der Waals surface area contributed by atoms with Crippen molar-refractivity contribution < 1.29 is 14.8 Å². The number of nitrogens with one attached hydrogen (secondary N) is 2. The van der Waals surface area contributed by atoms with Crippen molar-refractivity contribution in [2.24, 2.45) is 5.92 Å². The second kappa shape index (κ2) is 7.11. The van der Waals surface area contributed by atoms with E-state index in [1.54, 1.807) is 18.5 Å². The lowest BCUT2D eigenvalue weighted by Crippen LogP contribution is -2.36. The minimum atomic E-state index is -0.530. The van der Waals surface area contributed by atoms with Gasteiger partial charge in [-0.15, -0.1) is 0 Å². The van der Waals surface area contributed by atoms with Crippen LogP contribution in [0.2, 0.25) is 0 Å². The Morgan fingerprint density at radius 3 is 2.39 bits per heavy atom. The zero-order valence-electron chi connectivity index (χ0n) is 13.5. The molecular formula is C17H21N3O3. The lowest BCUT2D eigenvalue weighted by atomic mass is 10.0. The average Bonchev–Trinajstić information content (AvgIpc) is 2.57. The van der Waals surface area contributed by atoms with Crippen LogP contribution in [-0.4, -0.2) is 37.7 Å². The molecule has 0 radical (unpaired) electrons. The van der Waals surface area contributed by atoms with Crippen LogP contribution in [0.1, 0.15) is 17.3 Å². The van der Waals surface area contributed by atoms with Gasteiger partial charge in [-0.25, -0.2) is 5.48 Å². The maximum atomic E-state index is 12.4. The number of fused-ring (bicyclic) bond motifs is 1. The number of carbonyl (C=O) groups excluding carboxylic acids is 2. The largest absolute Gasteiger partial charge is 0.377 e. The highest BCUT2D eigenvalue weighted by Crippen LogP contribution is 2.28. The summed E-state index contributed by atoms with van der Waals surface area (Å²) in [5, 5.41) is 13.2. The highest BCUT2D eigenvalue weighted by atomic mass is 16.5. The SMILES string of the molecule is CC(CNC(=O)c1ccc(N(C)C)c2ccccc12)C(=O)NO. The molecule has 23 heavy (non-hydrogen) atoms. The van der Waals surface area contributed by atoms with E-state index in [4.69, 9.17) is 5.21 Å². The highest BCUT2D eigenvalue weighted by molar-refractivity contribution is 6.10. The molecule has 6 heteroatoms. The predicted molar refractivity (Wildman–Crippen MR) is 89.7 cm³/mol. The summed E-state index contributed by atoms with van der Waals surface area (Å²) >= 11 is 0. The molecule has 0 saturated carbocycles. The minimum Gasteiger partial charge on any atom is -0.377 e. The summed E-state index contributed by atoms with van der Waals surface area (Å²) in [6.07, 6.45) is 0. The van der Waals surface area contributed by atoms with Gasteiger partial charge in [-0.2, -0.15) is 0 Å². The van der Waals surface area contributed by atoms with Gasteiger partial charge >= 0.3 is 0 Å². The van der Waals surface area contributed by atoms with E-state index in [2.05, 4.69) is 5.32 Å². The predicted octanol–water partition coefficient (Wildman–Crippen LogP) is 1.78. The molecule has 0 fully saturated rings. The summed E-state index contributed by atoms with van der Waals surface area (Å²) in [6, 6.07) is 11.4. The molecule has 6 nitrogen and oxygen atoms in total. The van der Waals surface area contributed by atoms with E-state index < -0.39 is 11.8 Å². The maximum absolute atomic E-state index is 12.4. The standard InChI is InChI=1S/C17H21N3O3/c1-11(16(21)19-23)10-18-17(22)14-8-9-15(20(2)3)13-7-5-4-6-12(13)14/h4-9,11,23H,10H2,1-3H3,(H,18,22)(H,19,21). The Morgan fingerprint density at radius 1 is 1.13 bits per heavy atom. The average molecular weight is 315 g/mol. The third-order valence-corrected chi connectivity index (χ3v) is 3.75. The molecule has 1 atom stereocenters. The van der Waals surface area contributed by atoms with E-state index in [1.165, 1.54) is 0 Å². The van der Waals surface area contributed by atoms with Crippen LogP contribution in [0, 0.1) is 5.92 Å². The Bertz CT molecular complexity index is 728. The maximum Gasteiger partial charge on any atom is 0.251 e. The molecule has 3 N–H and O–H groups in total. The third kappa shape index (κ3) is 3.60. The molecule has 0 heterocycles. The van der Waals surface area contributed by atoms with E-state index >= 15 is 0 Å². The van der Waals surface area contributed by atoms with Gasteiger partial charge in [0, 0.05) is 37.3 Å². The van der Waals surface area contributed by atoms with Crippen molar-refractivity contribution in [1.82, 2.24) is 10.8 Å². The van der Waals surface area contributed by atoms with Crippen LogP contribution in [0.3, 0.4) is 0 Å². The van der Waals surface area contributed by atoms with Gasteiger partial charge in [0.25, 0.3) is 5.91 Å². The first kappa shape index (κ1) is 16.8. The summed E-state index contributed by atoms with van der Waals surface area (Å²) in [6.45, 7) is 1.77. The van der Waals surface area contributed by atoms with Gasteiger partial charge in [-0.3, -0.25) is 14.8 Å². The second-order valence-corrected chi connectivity index (χ2v) is 5.66. The molecule has 0 bridgehead atoms. The third-order valence-electron chi connectivity index (χ3n) is 3.75. The number of hydrogen-bond acceptors (Lipinski definition) is 4. The number of hydroxylamine groups is 1. The molecule has 2 aromatic rings. The Kier molecular flexibility index (Phi) is 5.18. The minimum absolute atomic E-state index is 0.148. The number of rotatable bonds is 5. The summed E-state index contributed by atoms with van der Waals surface area (Å²) in [5.41, 5.74) is 3.17. The molecule has 0 aliphatic heterocycles. The molecule has 0 saturated heterocycles. The van der Waals surface area contributed by atoms with Crippen LogP contribution < -0.4 is 15.7 Å². The molecule has 2 amide bonds. The second-order valence-electron chi connectivity index (χ2n) is 5.66. The number of anilines is 1. The molecule has 2 rings (SSSR count). The summed E-state index contributed by atoms with van der Waals surface area (Å²) < 4.78 is 0. The topological polar surface area (TPSA) is 81.7 Å². The van der Waals surface area contributed by atoms with E-state index in [1.807, 2.05) is 49.3 Å². The van der Waals surface area contributed by atoms with E-state index in [9.17, 15) is 9.59 Å². The van der Waals surface area contributed by atoms with E-state index in [0.717, 1.165) is 16.5 Å². The molecule has 122 valence electrons. The zero-order chi connectivity index (χ0) is 17.0. The first-order valence-electron chi connectivity index (χ1n) is 7.37. The molecular weight excluding hydrogens is 294 g/mol. The number of carbonyl (C=O) groups is 2. The van der Waals surface area contributed by atoms with Crippen molar-refractivity contribution in [3.05, 3.63) is 42.0 Å². The lowest BCUT2D eigenvalue weighted by Gasteiger charge is -2.17. The Morgan fingerprint density at radius 2 is 1.78 bits per heavy atom. The number of hydrogen-bond donors (Lipinski definition) is 3. The van der Waals surface area contributed by atoms with Crippen molar-refractivity contribution in [3.63, 3.8) is 0 Å². The van der Waals surface area contributed by atoms with Crippen molar-refractivity contribution >= 4 is 28.3 Å². The van der Waals surface area contributed by atoms with Gasteiger partial charge in [0.2, 0.25) is 5.91 Å². The lowest BCUT2D eigenvalue weighted by molar-refractivity contribution is -0.132. The van der Waals surface area contributed by atoms with Crippen LogP contribution >= 0.6 is 0 Å². The van der Waals surface area contributed by atoms with Crippen LogP contribution in [0.25, 0.3) is 10.8 Å². The number of amides is 2. The fourth-order valence-corrected chi connectivity index (χ4v) is 2.42. The first-order valence-corrected chi connectivity index (χ1v) is 7.37. The number of benzene rings is 2. The summed E-state index contributed by atoms with van der Waals surface area (Å²) in [7, 11) is 3.91. The van der Waals surface area contributed by atoms with Gasteiger partial charge in [0.15, 0.2) is 0 Å². The van der Waals surface area contributed by atoms with Crippen LogP contribution in [0.4, 0.5) is 5.69 Å². The van der Waals surface area contributed by atoms with Gasteiger partial charge in [0.1, 0.15) is 0 Å². The van der Waals surface area contributed by atoms with Crippen molar-refractivity contribution in [1.29, 1.82) is 0 Å². The monoisotopic (exact) mass is 315 g/mol. The summed E-state index contributed by atoms with van der Waals surface area (Å²) in [4.78, 5) is 25.7. The Labute approximate surface area is 135 Å². The van der Waals surface area contributed by atoms with E-state index in [0.29, 0.717) is 5.56 Å². The molecule has 2 aromatic carbocycles. The smallest absolute Gasteiger partial charge is 0.251 e. The fraction of sp³-hybridized carbons (Fsp3) is 0.294. The van der Waals surface area contributed by atoms with E-state index in [-0.39, 0.29) is 12.5 Å². The van der Waals surface area contributed by atoms with Crippen molar-refractivity contribution in [2.75, 3.05) is 25.5 Å². The zero-order valence-corrected chi connectivity index (χ0v) is 13.5. The van der Waals surface area contributed by atoms with Gasteiger partial charge in [0.05, 0.1) is 5.92 Å². The van der Waals surface area contributed by atoms with Crippen molar-refractivity contribution in [3.8, 4) is 0 Å². The van der Waals surface area contributed by atoms with Crippen LogP contribution in [0.5, 0.6) is 0 Å². The Hall–Kier alpha value is -2.60. The molecule has 1 unspecified atom stereocenters. The molecule has 0 aromatic heterocycles. The van der Waals surface area contributed by atoms with Crippen LogP contribution in [0.15, 0.2) is 36.4 Å². The summed E-state index contributed by atoms with van der Waals surface area (Å²) in [5.74, 6) is -1.29. The van der Waals surface area contributed by atoms with Crippen LogP contribution in [-0.2, 0) is 4.79 Å². The quantitative estimate of drug-likeness (QED) is 0.580. The normalized spacial score (nSPS) is 11.8. The Balaban J connectivity index is 2.28. The highest BCUT2D eigenvalue weighted by Gasteiger charge is 2.16.